The summed E-state index contributed by atoms with van der Waals surface area (Å²) in [5.41, 5.74) is -6.99. The van der Waals surface area contributed by atoms with Crippen LogP contribution >= 0.6 is 11.6 Å². The average Bonchev–Trinajstić information content (AvgIpc) is 2.77. The minimum absolute atomic E-state index is 0.0345. The molecule has 240 valence electrons. The summed E-state index contributed by atoms with van der Waals surface area (Å²) in [6, 6.07) is 1.58. The van der Waals surface area contributed by atoms with Crippen LogP contribution in [0.5, 0.6) is 0 Å². The van der Waals surface area contributed by atoms with Crippen LogP contribution in [0.25, 0.3) is 5.83 Å². The quantitative estimate of drug-likeness (QED) is 0.196. The molecule has 0 aliphatic carbocycles. The van der Waals surface area contributed by atoms with Gasteiger partial charge in [-0.1, -0.05) is 30.7 Å². The Hall–Kier alpha value is -2.82. The van der Waals surface area contributed by atoms with Crippen molar-refractivity contribution in [3.05, 3.63) is 75.3 Å². The van der Waals surface area contributed by atoms with Gasteiger partial charge in [0, 0.05) is 22.6 Å². The summed E-state index contributed by atoms with van der Waals surface area (Å²) in [5, 5.41) is -0.796. The zero-order chi connectivity index (χ0) is 33.3. The van der Waals surface area contributed by atoms with Crippen molar-refractivity contribution in [3.63, 3.8) is 0 Å². The molecule has 2 rings (SSSR count). The fraction of sp³-hybridized carbons (Fsp3) is 0.400. The predicted octanol–water partition coefficient (Wildman–Crippen LogP) is 9.22. The van der Waals surface area contributed by atoms with Gasteiger partial charge >= 0.3 is 24.7 Å². The lowest BCUT2D eigenvalue weighted by Crippen LogP contribution is -2.28. The summed E-state index contributed by atoms with van der Waals surface area (Å²) in [6.07, 6.45) is -22.4. The van der Waals surface area contributed by atoms with E-state index in [0.717, 1.165) is 6.92 Å². The topological polar surface area (TPSA) is 51.2 Å². The predicted molar refractivity (Wildman–Crippen MR) is 129 cm³/mol. The van der Waals surface area contributed by atoms with Gasteiger partial charge in [0.15, 0.2) is 15.6 Å². The molecule has 0 N–H and O–H groups in total. The number of alkyl halides is 12. The molecule has 43 heavy (non-hydrogen) atoms. The van der Waals surface area contributed by atoms with E-state index in [2.05, 4.69) is 0 Å². The molecule has 0 spiro atoms. The molecule has 2 aromatic carbocycles. The highest BCUT2D eigenvalue weighted by Gasteiger charge is 2.42. The summed E-state index contributed by atoms with van der Waals surface area (Å²) in [4.78, 5) is 12.5. The molecule has 0 aliphatic rings. The lowest BCUT2D eigenvalue weighted by atomic mass is 9.92. The number of carbonyl (C=O) groups is 1. The number of hydrogen-bond acceptors (Lipinski definition) is 3. The number of halogens is 14. The summed E-state index contributed by atoms with van der Waals surface area (Å²) < 4.78 is 197. The van der Waals surface area contributed by atoms with Gasteiger partial charge in [0.05, 0.1) is 16.9 Å². The summed E-state index contributed by atoms with van der Waals surface area (Å²) in [7, 11) is -4.80. The second-order valence-corrected chi connectivity index (χ2v) is 12.0. The van der Waals surface area contributed by atoms with Crippen molar-refractivity contribution in [2.45, 2.75) is 44.0 Å². The molecule has 3 nitrogen and oxygen atoms in total. The van der Waals surface area contributed by atoms with Crippen molar-refractivity contribution in [1.82, 2.24) is 0 Å². The third-order valence-corrected chi connectivity index (χ3v) is 7.69. The van der Waals surface area contributed by atoms with Gasteiger partial charge in [-0.15, -0.1) is 0 Å². The molecular weight excluding hydrogens is 663 g/mol. The number of ketones is 1. The number of benzene rings is 2. The standard InChI is InChI=1S/C25H18ClF13O3S/c1-12(10-43(41,42)11-22(28,29)30)4-21(40)17-3-2-13(7-19(17)25(37,38)39)20(27)9-18(24(34,35)36)14-5-15(23(31,32)33)8-16(26)6-14/h2-3,5-9,12,18H,4,10-11H2,1H3/b20-9-/t12-,18?/m0/s1. The largest absolute Gasteiger partial charge is 0.417 e. The van der Waals surface area contributed by atoms with Crippen molar-refractivity contribution >= 4 is 33.0 Å². The van der Waals surface area contributed by atoms with Crippen LogP contribution in [0.4, 0.5) is 57.1 Å². The van der Waals surface area contributed by atoms with Crippen LogP contribution in [0.3, 0.4) is 0 Å². The zero-order valence-corrected chi connectivity index (χ0v) is 22.8. The Morgan fingerprint density at radius 3 is 1.95 bits per heavy atom. The van der Waals surface area contributed by atoms with Gasteiger partial charge in [0.25, 0.3) is 0 Å². The maximum absolute atomic E-state index is 15.0. The first-order chi connectivity index (χ1) is 19.2. The van der Waals surface area contributed by atoms with E-state index in [1.54, 1.807) is 0 Å². The molecule has 2 aromatic rings. The van der Waals surface area contributed by atoms with Crippen molar-refractivity contribution in [1.29, 1.82) is 0 Å². The number of Topliss-reactive ketones (excluding diaryl/α,β-unsaturated/α-hetero) is 1. The van der Waals surface area contributed by atoms with E-state index in [1.807, 2.05) is 0 Å². The number of rotatable bonds is 9. The van der Waals surface area contributed by atoms with Gasteiger partial charge in [0.1, 0.15) is 17.5 Å². The molecule has 0 aliphatic heterocycles. The fourth-order valence-corrected chi connectivity index (χ4v) is 5.82. The van der Waals surface area contributed by atoms with Gasteiger partial charge < -0.3 is 0 Å². The minimum atomic E-state index is -5.45. The first-order valence-electron chi connectivity index (χ1n) is 11.5. The Bertz CT molecular complexity index is 1470. The molecule has 18 heteroatoms. The first kappa shape index (κ1) is 36.4. The van der Waals surface area contributed by atoms with Crippen molar-refractivity contribution < 1.29 is 70.3 Å². The van der Waals surface area contributed by atoms with Crippen LogP contribution in [-0.4, -0.2) is 38.1 Å². The molecule has 0 aromatic heterocycles. The number of allylic oxidation sites excluding steroid dienone is 1. The zero-order valence-electron chi connectivity index (χ0n) is 21.2. The van der Waals surface area contributed by atoms with E-state index in [0.29, 0.717) is 24.3 Å². The maximum atomic E-state index is 15.0. The molecule has 0 heterocycles. The van der Waals surface area contributed by atoms with Gasteiger partial charge in [-0.2, -0.15) is 52.7 Å². The third-order valence-electron chi connectivity index (χ3n) is 5.63. The van der Waals surface area contributed by atoms with Gasteiger partial charge in [-0.25, -0.2) is 12.8 Å². The lowest BCUT2D eigenvalue weighted by molar-refractivity contribution is -0.142. The smallest absolute Gasteiger partial charge is 0.294 e. The monoisotopic (exact) mass is 680 g/mol. The highest BCUT2D eigenvalue weighted by Crippen LogP contribution is 2.42. The Morgan fingerprint density at radius 2 is 1.47 bits per heavy atom. The van der Waals surface area contributed by atoms with E-state index in [9.17, 15) is 70.3 Å². The van der Waals surface area contributed by atoms with Gasteiger partial charge in [0.2, 0.25) is 0 Å². The number of carbonyl (C=O) groups excluding carboxylic acids is 1. The highest BCUT2D eigenvalue weighted by atomic mass is 35.5. The highest BCUT2D eigenvalue weighted by molar-refractivity contribution is 7.91. The lowest BCUT2D eigenvalue weighted by Gasteiger charge is -2.20. The molecular formula is C25H18ClF13O3S. The van der Waals surface area contributed by atoms with Crippen LogP contribution in [-0.2, 0) is 22.2 Å². The maximum Gasteiger partial charge on any atom is 0.417 e. The Morgan fingerprint density at radius 1 is 0.884 bits per heavy atom. The Balaban J connectivity index is 2.50. The number of sulfone groups is 1. The van der Waals surface area contributed by atoms with E-state index < -0.39 is 109 Å². The Labute approximate surface area is 240 Å². The molecule has 2 atom stereocenters. The van der Waals surface area contributed by atoms with E-state index >= 15 is 0 Å². The molecule has 0 amide bonds. The summed E-state index contributed by atoms with van der Waals surface area (Å²) >= 11 is 5.50. The van der Waals surface area contributed by atoms with Crippen molar-refractivity contribution in [2.24, 2.45) is 5.92 Å². The molecule has 1 unspecified atom stereocenters. The number of hydrogen-bond donors (Lipinski definition) is 0. The van der Waals surface area contributed by atoms with Crippen molar-refractivity contribution in [2.75, 3.05) is 11.5 Å². The van der Waals surface area contributed by atoms with Gasteiger partial charge in [-0.3, -0.25) is 4.79 Å². The Kier molecular flexibility index (Phi) is 10.7. The van der Waals surface area contributed by atoms with E-state index in [-0.39, 0.29) is 18.2 Å². The molecule has 0 fully saturated rings. The minimum Gasteiger partial charge on any atom is -0.294 e. The second kappa shape index (κ2) is 12.7. The van der Waals surface area contributed by atoms with E-state index in [4.69, 9.17) is 11.6 Å². The first-order valence-corrected chi connectivity index (χ1v) is 13.7. The average molecular weight is 681 g/mol. The fourth-order valence-electron chi connectivity index (χ4n) is 3.98. The molecule has 0 bridgehead atoms. The molecule has 0 saturated heterocycles. The van der Waals surface area contributed by atoms with Crippen LogP contribution in [0.1, 0.15) is 51.9 Å². The second-order valence-electron chi connectivity index (χ2n) is 9.47. The van der Waals surface area contributed by atoms with Crippen LogP contribution in [0.15, 0.2) is 42.5 Å². The van der Waals surface area contributed by atoms with Gasteiger partial charge in [-0.05, 0) is 41.8 Å². The summed E-state index contributed by atoms with van der Waals surface area (Å²) in [6.45, 7) is 0.979. The summed E-state index contributed by atoms with van der Waals surface area (Å²) in [5.74, 6) is -11.3. The van der Waals surface area contributed by atoms with E-state index in [1.165, 1.54) is 0 Å². The SMILES string of the molecule is C[C@@H](CC(=O)c1ccc(/C(F)=C/C(c2cc(Cl)cc(C(F)(F)F)c2)C(F)(F)F)cc1C(F)(F)F)CS(=O)(=O)CC(F)(F)F. The molecule has 0 radical (unpaired) electrons. The van der Waals surface area contributed by atoms with Crippen LogP contribution in [0.2, 0.25) is 5.02 Å². The van der Waals surface area contributed by atoms with Crippen LogP contribution < -0.4 is 0 Å². The van der Waals surface area contributed by atoms with Crippen molar-refractivity contribution in [3.8, 4) is 0 Å². The normalized spacial score (nSPS) is 15.4. The molecule has 0 saturated carbocycles. The third kappa shape index (κ3) is 10.7. The van der Waals surface area contributed by atoms with Crippen LogP contribution in [0, 0.1) is 5.92 Å².